The lowest BCUT2D eigenvalue weighted by atomic mass is 9.96. The van der Waals surface area contributed by atoms with E-state index in [-0.39, 0.29) is 0 Å². The number of para-hydroxylation sites is 2. The molecule has 0 atom stereocenters. The van der Waals surface area contributed by atoms with Gasteiger partial charge in [0.2, 0.25) is 5.89 Å². The van der Waals surface area contributed by atoms with E-state index in [1.165, 1.54) is 22.3 Å². The van der Waals surface area contributed by atoms with Crippen LogP contribution in [0.5, 0.6) is 0 Å². The zero-order valence-corrected chi connectivity index (χ0v) is 18.0. The molecule has 2 nitrogen and oxygen atoms in total. The summed E-state index contributed by atoms with van der Waals surface area (Å²) < 4.78 is 5.98. The van der Waals surface area contributed by atoms with Crippen LogP contribution in [-0.4, -0.2) is 4.98 Å². The molecule has 0 aliphatic heterocycles. The van der Waals surface area contributed by atoms with Gasteiger partial charge >= 0.3 is 0 Å². The summed E-state index contributed by atoms with van der Waals surface area (Å²) in [7, 11) is 0. The minimum Gasteiger partial charge on any atom is -0.436 e. The molecule has 1 aromatic heterocycles. The van der Waals surface area contributed by atoms with Gasteiger partial charge in [0.25, 0.3) is 0 Å². The Morgan fingerprint density at radius 1 is 0.394 bits per heavy atom. The van der Waals surface area contributed by atoms with E-state index in [9.17, 15) is 0 Å². The summed E-state index contributed by atoms with van der Waals surface area (Å²) in [6.07, 6.45) is 0. The number of fused-ring (bicyclic) bond motifs is 1. The zero-order valence-electron chi connectivity index (χ0n) is 18.0. The van der Waals surface area contributed by atoms with Crippen LogP contribution in [0, 0.1) is 0 Å². The number of hydrogen-bond donors (Lipinski definition) is 0. The Morgan fingerprint density at radius 3 is 1.45 bits per heavy atom. The van der Waals surface area contributed by atoms with Gasteiger partial charge in [-0.25, -0.2) is 4.98 Å². The summed E-state index contributed by atoms with van der Waals surface area (Å²) in [5.74, 6) is 0.643. The zero-order chi connectivity index (χ0) is 22.0. The number of hydrogen-bond acceptors (Lipinski definition) is 2. The second-order valence-electron chi connectivity index (χ2n) is 8.10. The SMILES string of the molecule is c1ccc(-c2cccc(-c3cccc(-c4cccc(-c5nc6ccccc6o5)c4)c3)c2)cc1. The quantitative estimate of drug-likeness (QED) is 0.284. The van der Waals surface area contributed by atoms with Crippen molar-refractivity contribution in [3.63, 3.8) is 0 Å². The smallest absolute Gasteiger partial charge is 0.227 e. The summed E-state index contributed by atoms with van der Waals surface area (Å²) >= 11 is 0. The molecule has 5 aromatic carbocycles. The first-order valence-corrected chi connectivity index (χ1v) is 11.1. The van der Waals surface area contributed by atoms with Crippen LogP contribution >= 0.6 is 0 Å². The van der Waals surface area contributed by atoms with Crippen LogP contribution in [-0.2, 0) is 0 Å². The van der Waals surface area contributed by atoms with Crippen molar-refractivity contribution in [1.29, 1.82) is 0 Å². The molecule has 0 saturated carbocycles. The maximum atomic E-state index is 5.98. The Balaban J connectivity index is 1.37. The van der Waals surface area contributed by atoms with Crippen LogP contribution in [0.25, 0.3) is 55.9 Å². The average Bonchev–Trinajstić information content (AvgIpc) is 3.34. The molecule has 6 rings (SSSR count). The molecule has 0 N–H and O–H groups in total. The Labute approximate surface area is 192 Å². The molecule has 0 radical (unpaired) electrons. The van der Waals surface area contributed by atoms with Crippen molar-refractivity contribution in [3.05, 3.63) is 127 Å². The highest BCUT2D eigenvalue weighted by atomic mass is 16.3. The van der Waals surface area contributed by atoms with Gasteiger partial charge in [0.15, 0.2) is 5.58 Å². The van der Waals surface area contributed by atoms with Crippen LogP contribution in [0.15, 0.2) is 132 Å². The molecule has 6 aromatic rings. The van der Waals surface area contributed by atoms with Gasteiger partial charge in [0, 0.05) is 5.56 Å². The Morgan fingerprint density at radius 2 is 0.848 bits per heavy atom. The topological polar surface area (TPSA) is 26.0 Å². The monoisotopic (exact) mass is 423 g/mol. The third-order valence-electron chi connectivity index (χ3n) is 5.90. The molecule has 0 unspecified atom stereocenters. The van der Waals surface area contributed by atoms with Gasteiger partial charge in [0.05, 0.1) is 0 Å². The molecule has 0 saturated heterocycles. The molecule has 0 aliphatic carbocycles. The molecule has 0 aliphatic rings. The first kappa shape index (κ1) is 19.3. The fourth-order valence-electron chi connectivity index (χ4n) is 4.21. The van der Waals surface area contributed by atoms with Crippen molar-refractivity contribution in [1.82, 2.24) is 4.98 Å². The van der Waals surface area contributed by atoms with Crippen LogP contribution in [0.1, 0.15) is 0 Å². The molecular formula is C31H21NO. The van der Waals surface area contributed by atoms with Crippen molar-refractivity contribution in [2.75, 3.05) is 0 Å². The van der Waals surface area contributed by atoms with E-state index in [4.69, 9.17) is 4.42 Å². The predicted molar refractivity (Wildman–Crippen MR) is 136 cm³/mol. The van der Waals surface area contributed by atoms with Crippen LogP contribution in [0.2, 0.25) is 0 Å². The van der Waals surface area contributed by atoms with Gasteiger partial charge in [-0.3, -0.25) is 0 Å². The Bertz CT molecular complexity index is 1530. The molecular weight excluding hydrogens is 402 g/mol. The largest absolute Gasteiger partial charge is 0.436 e. The number of rotatable bonds is 4. The third-order valence-corrected chi connectivity index (χ3v) is 5.90. The second-order valence-corrected chi connectivity index (χ2v) is 8.10. The predicted octanol–water partition coefficient (Wildman–Crippen LogP) is 8.50. The van der Waals surface area contributed by atoms with Crippen molar-refractivity contribution >= 4 is 11.1 Å². The third kappa shape index (κ3) is 3.83. The Kier molecular flexibility index (Phi) is 4.82. The lowest BCUT2D eigenvalue weighted by Gasteiger charge is -2.09. The fraction of sp³-hybridized carbons (Fsp3) is 0. The summed E-state index contributed by atoms with van der Waals surface area (Å²) in [5.41, 5.74) is 9.78. The number of benzene rings is 5. The minimum absolute atomic E-state index is 0.643. The molecule has 156 valence electrons. The van der Waals surface area contributed by atoms with E-state index >= 15 is 0 Å². The minimum atomic E-state index is 0.643. The molecule has 33 heavy (non-hydrogen) atoms. The van der Waals surface area contributed by atoms with Gasteiger partial charge in [-0.2, -0.15) is 0 Å². The van der Waals surface area contributed by atoms with Gasteiger partial charge in [-0.15, -0.1) is 0 Å². The van der Waals surface area contributed by atoms with Crippen molar-refractivity contribution in [3.8, 4) is 44.8 Å². The van der Waals surface area contributed by atoms with Crippen LogP contribution in [0.4, 0.5) is 0 Å². The van der Waals surface area contributed by atoms with Gasteiger partial charge in [0.1, 0.15) is 5.52 Å². The lowest BCUT2D eigenvalue weighted by molar-refractivity contribution is 0.620. The molecule has 0 spiro atoms. The van der Waals surface area contributed by atoms with Crippen LogP contribution in [0.3, 0.4) is 0 Å². The normalized spacial score (nSPS) is 11.0. The highest BCUT2D eigenvalue weighted by Crippen LogP contribution is 2.32. The summed E-state index contributed by atoms with van der Waals surface area (Å²) in [5, 5.41) is 0. The van der Waals surface area contributed by atoms with Crippen LogP contribution < -0.4 is 0 Å². The number of nitrogens with zero attached hydrogens (tertiary/aromatic N) is 1. The van der Waals surface area contributed by atoms with Gasteiger partial charge < -0.3 is 4.42 Å². The first-order chi connectivity index (χ1) is 16.3. The Hall–Kier alpha value is -4.43. The van der Waals surface area contributed by atoms with E-state index in [1.54, 1.807) is 0 Å². The lowest BCUT2D eigenvalue weighted by Crippen LogP contribution is -1.84. The summed E-state index contributed by atoms with van der Waals surface area (Å²) in [6, 6.07) is 44.1. The summed E-state index contributed by atoms with van der Waals surface area (Å²) in [6.45, 7) is 0. The van der Waals surface area contributed by atoms with Crippen molar-refractivity contribution in [2.24, 2.45) is 0 Å². The van der Waals surface area contributed by atoms with E-state index in [1.807, 2.05) is 36.4 Å². The van der Waals surface area contributed by atoms with Gasteiger partial charge in [-0.1, -0.05) is 91.0 Å². The maximum Gasteiger partial charge on any atom is 0.227 e. The number of oxazole rings is 1. The van der Waals surface area contributed by atoms with E-state index in [0.717, 1.165) is 27.8 Å². The highest BCUT2D eigenvalue weighted by molar-refractivity contribution is 5.80. The van der Waals surface area contributed by atoms with E-state index < -0.39 is 0 Å². The summed E-state index contributed by atoms with van der Waals surface area (Å²) in [4.78, 5) is 4.65. The van der Waals surface area contributed by atoms with Gasteiger partial charge in [-0.05, 0) is 69.8 Å². The molecule has 0 amide bonds. The van der Waals surface area contributed by atoms with E-state index in [2.05, 4.69) is 96.0 Å². The standard InChI is InChI=1S/C31H21NO/c1-2-9-22(10-3-1)23-11-6-12-24(19-23)25-13-7-14-26(20-25)27-15-8-16-28(21-27)31-32-29-17-4-5-18-30(29)33-31/h1-21H. The first-order valence-electron chi connectivity index (χ1n) is 11.1. The fourth-order valence-corrected chi connectivity index (χ4v) is 4.21. The molecule has 0 fully saturated rings. The van der Waals surface area contributed by atoms with Crippen molar-refractivity contribution < 1.29 is 4.42 Å². The highest BCUT2D eigenvalue weighted by Gasteiger charge is 2.10. The maximum absolute atomic E-state index is 5.98. The second kappa shape index (κ2) is 8.25. The van der Waals surface area contributed by atoms with Crippen molar-refractivity contribution in [2.45, 2.75) is 0 Å². The number of aromatic nitrogens is 1. The molecule has 1 heterocycles. The van der Waals surface area contributed by atoms with E-state index in [0.29, 0.717) is 5.89 Å². The molecule has 2 heteroatoms. The average molecular weight is 424 g/mol. The molecule has 0 bridgehead atoms.